The van der Waals surface area contributed by atoms with E-state index in [1.54, 1.807) is 24.3 Å². The third-order valence-electron chi connectivity index (χ3n) is 4.36. The van der Waals surface area contributed by atoms with Gasteiger partial charge in [-0.05, 0) is 25.5 Å². The standard InChI is InChI=1S/C17H19NO6S/c1-11(16(19)18(2)13-7-8-25(21,22)10-13)23-17(20)15-9-12-5-3-4-6-14(12)24-15/h3-6,9,11,13H,7-8,10H2,1-2H3/t11-,13-/m1/s1. The van der Waals surface area contributed by atoms with Gasteiger partial charge in [-0.3, -0.25) is 4.79 Å². The number of sulfone groups is 1. The molecule has 2 aromatic rings. The average molecular weight is 365 g/mol. The van der Waals surface area contributed by atoms with Crippen molar-refractivity contribution in [3.05, 3.63) is 36.1 Å². The van der Waals surface area contributed by atoms with Crippen LogP contribution in [0.3, 0.4) is 0 Å². The van der Waals surface area contributed by atoms with Gasteiger partial charge in [0.25, 0.3) is 5.91 Å². The monoisotopic (exact) mass is 365 g/mol. The van der Waals surface area contributed by atoms with Gasteiger partial charge in [-0.25, -0.2) is 13.2 Å². The summed E-state index contributed by atoms with van der Waals surface area (Å²) in [5.74, 6) is -1.13. The summed E-state index contributed by atoms with van der Waals surface area (Å²) in [7, 11) is -1.57. The highest BCUT2D eigenvalue weighted by Crippen LogP contribution is 2.21. The maximum absolute atomic E-state index is 12.4. The lowest BCUT2D eigenvalue weighted by Crippen LogP contribution is -2.44. The third-order valence-corrected chi connectivity index (χ3v) is 6.11. The van der Waals surface area contributed by atoms with Gasteiger partial charge in [0.1, 0.15) is 5.58 Å². The maximum Gasteiger partial charge on any atom is 0.375 e. The van der Waals surface area contributed by atoms with Crippen LogP contribution in [0.2, 0.25) is 0 Å². The van der Waals surface area contributed by atoms with Crippen molar-refractivity contribution in [2.45, 2.75) is 25.5 Å². The van der Waals surface area contributed by atoms with Crippen LogP contribution in [-0.4, -0.2) is 55.9 Å². The number of nitrogens with zero attached hydrogens (tertiary/aromatic N) is 1. The molecule has 7 nitrogen and oxygen atoms in total. The Morgan fingerprint density at radius 3 is 2.68 bits per heavy atom. The zero-order valence-corrected chi connectivity index (χ0v) is 14.8. The Morgan fingerprint density at radius 1 is 1.32 bits per heavy atom. The minimum atomic E-state index is -3.10. The maximum atomic E-state index is 12.4. The van der Waals surface area contributed by atoms with Gasteiger partial charge in [0.15, 0.2) is 15.9 Å². The average Bonchev–Trinajstić information content (AvgIpc) is 3.16. The molecule has 0 aliphatic carbocycles. The molecule has 0 saturated carbocycles. The molecule has 0 N–H and O–H groups in total. The summed E-state index contributed by atoms with van der Waals surface area (Å²) in [5, 5.41) is 0.765. The Kier molecular flexibility index (Phi) is 4.55. The molecule has 25 heavy (non-hydrogen) atoms. The van der Waals surface area contributed by atoms with Gasteiger partial charge < -0.3 is 14.1 Å². The molecule has 1 aromatic heterocycles. The van der Waals surface area contributed by atoms with Crippen LogP contribution in [-0.2, 0) is 19.4 Å². The number of hydrogen-bond donors (Lipinski definition) is 0. The molecule has 1 fully saturated rings. The Bertz CT molecular complexity index is 883. The van der Waals surface area contributed by atoms with Crippen LogP contribution in [0.5, 0.6) is 0 Å². The topological polar surface area (TPSA) is 93.9 Å². The van der Waals surface area contributed by atoms with E-state index in [1.807, 2.05) is 6.07 Å². The predicted molar refractivity (Wildman–Crippen MR) is 90.9 cm³/mol. The van der Waals surface area contributed by atoms with Crippen molar-refractivity contribution in [3.63, 3.8) is 0 Å². The second-order valence-corrected chi connectivity index (χ2v) is 8.43. The van der Waals surface area contributed by atoms with Crippen LogP contribution in [0.4, 0.5) is 0 Å². The highest BCUT2D eigenvalue weighted by molar-refractivity contribution is 7.91. The predicted octanol–water partition coefficient (Wildman–Crippen LogP) is 1.62. The molecule has 134 valence electrons. The van der Waals surface area contributed by atoms with Crippen LogP contribution >= 0.6 is 0 Å². The zero-order valence-electron chi connectivity index (χ0n) is 14.0. The Hall–Kier alpha value is -2.35. The number of benzene rings is 1. The highest BCUT2D eigenvalue weighted by atomic mass is 32.2. The number of hydrogen-bond acceptors (Lipinski definition) is 6. The van der Waals surface area contributed by atoms with Gasteiger partial charge in [-0.15, -0.1) is 0 Å². The second kappa shape index (κ2) is 6.51. The van der Waals surface area contributed by atoms with Crippen LogP contribution in [0.25, 0.3) is 11.0 Å². The molecule has 8 heteroatoms. The molecule has 3 rings (SSSR count). The molecule has 1 amide bonds. The van der Waals surface area contributed by atoms with Crippen molar-refractivity contribution in [2.75, 3.05) is 18.6 Å². The number of rotatable bonds is 4. The molecule has 1 aliphatic rings. The van der Waals surface area contributed by atoms with Crippen molar-refractivity contribution in [1.82, 2.24) is 4.90 Å². The Balaban J connectivity index is 1.65. The summed E-state index contributed by atoms with van der Waals surface area (Å²) < 4.78 is 33.7. The summed E-state index contributed by atoms with van der Waals surface area (Å²) in [6.07, 6.45) is -0.636. The molecule has 1 saturated heterocycles. The lowest BCUT2D eigenvalue weighted by atomic mass is 10.2. The highest BCUT2D eigenvalue weighted by Gasteiger charge is 2.35. The molecule has 2 heterocycles. The van der Waals surface area contributed by atoms with Crippen molar-refractivity contribution in [3.8, 4) is 0 Å². The normalized spacial score (nSPS) is 20.3. The molecule has 0 unspecified atom stereocenters. The van der Waals surface area contributed by atoms with E-state index in [4.69, 9.17) is 9.15 Å². The molecule has 1 aliphatic heterocycles. The van der Waals surface area contributed by atoms with E-state index in [0.717, 1.165) is 5.39 Å². The summed E-state index contributed by atoms with van der Waals surface area (Å²) in [6, 6.07) is 8.32. The first-order chi connectivity index (χ1) is 11.8. The van der Waals surface area contributed by atoms with Crippen LogP contribution in [0.1, 0.15) is 23.9 Å². The van der Waals surface area contributed by atoms with E-state index >= 15 is 0 Å². The van der Waals surface area contributed by atoms with E-state index in [0.29, 0.717) is 12.0 Å². The van der Waals surface area contributed by atoms with E-state index in [1.165, 1.54) is 18.9 Å². The number of ether oxygens (including phenoxy) is 1. The van der Waals surface area contributed by atoms with Gasteiger partial charge in [-0.1, -0.05) is 18.2 Å². The van der Waals surface area contributed by atoms with E-state index in [2.05, 4.69) is 0 Å². The van der Waals surface area contributed by atoms with Crippen molar-refractivity contribution >= 4 is 32.7 Å². The van der Waals surface area contributed by atoms with Crippen molar-refractivity contribution < 1.29 is 27.2 Å². The first kappa shape index (κ1) is 17.5. The smallest absolute Gasteiger partial charge is 0.375 e. The molecular weight excluding hydrogens is 346 g/mol. The van der Waals surface area contributed by atoms with Crippen LogP contribution in [0, 0.1) is 0 Å². The van der Waals surface area contributed by atoms with E-state index in [-0.39, 0.29) is 23.3 Å². The zero-order chi connectivity index (χ0) is 18.2. The van der Waals surface area contributed by atoms with E-state index in [9.17, 15) is 18.0 Å². The second-order valence-electron chi connectivity index (χ2n) is 6.20. The first-order valence-corrected chi connectivity index (χ1v) is 9.75. The lowest BCUT2D eigenvalue weighted by Gasteiger charge is -2.26. The van der Waals surface area contributed by atoms with E-state index < -0.39 is 27.8 Å². The molecule has 0 radical (unpaired) electrons. The summed E-state index contributed by atoms with van der Waals surface area (Å²) in [5.41, 5.74) is 0.557. The van der Waals surface area contributed by atoms with Gasteiger partial charge in [0, 0.05) is 18.5 Å². The largest absolute Gasteiger partial charge is 0.449 e. The molecule has 2 atom stereocenters. The Labute approximate surface area is 145 Å². The SMILES string of the molecule is C[C@@H](OC(=O)c1cc2ccccc2o1)C(=O)N(C)[C@@H]1CCS(=O)(=O)C1. The van der Waals surface area contributed by atoms with Crippen LogP contribution in [0.15, 0.2) is 34.7 Å². The third kappa shape index (κ3) is 3.68. The minimum absolute atomic E-state index is 0.0203. The number of likely N-dealkylation sites (N-methyl/N-ethyl adjacent to an activating group) is 1. The fourth-order valence-electron chi connectivity index (χ4n) is 2.90. The van der Waals surface area contributed by atoms with Crippen molar-refractivity contribution in [2.24, 2.45) is 0 Å². The fraction of sp³-hybridized carbons (Fsp3) is 0.412. The molecule has 0 bridgehead atoms. The number of carbonyl (C=O) groups excluding carboxylic acids is 2. The first-order valence-electron chi connectivity index (χ1n) is 7.93. The minimum Gasteiger partial charge on any atom is -0.449 e. The number of furan rings is 1. The lowest BCUT2D eigenvalue weighted by molar-refractivity contribution is -0.140. The number of fused-ring (bicyclic) bond motifs is 1. The van der Waals surface area contributed by atoms with Gasteiger partial charge >= 0.3 is 5.97 Å². The van der Waals surface area contributed by atoms with Gasteiger partial charge in [-0.2, -0.15) is 0 Å². The number of esters is 1. The summed E-state index contributed by atoms with van der Waals surface area (Å²) in [4.78, 5) is 25.9. The summed E-state index contributed by atoms with van der Waals surface area (Å²) in [6.45, 7) is 1.46. The van der Waals surface area contributed by atoms with Crippen molar-refractivity contribution in [1.29, 1.82) is 0 Å². The molecule has 0 spiro atoms. The van der Waals surface area contributed by atoms with Gasteiger partial charge in [0.05, 0.1) is 11.5 Å². The van der Waals surface area contributed by atoms with Gasteiger partial charge in [0.2, 0.25) is 5.76 Å². The van der Waals surface area contributed by atoms with Crippen LogP contribution < -0.4 is 0 Å². The number of para-hydroxylation sites is 1. The quantitative estimate of drug-likeness (QED) is 0.765. The Morgan fingerprint density at radius 2 is 2.04 bits per heavy atom. The number of amides is 1. The number of carbonyl (C=O) groups is 2. The summed E-state index contributed by atoms with van der Waals surface area (Å²) >= 11 is 0. The fourth-order valence-corrected chi connectivity index (χ4v) is 4.67. The molecule has 1 aromatic carbocycles. The molecular formula is C17H19NO6S.